The quantitative estimate of drug-likeness (QED) is 0.466. The fourth-order valence-corrected chi connectivity index (χ4v) is 5.30. The third-order valence-electron chi connectivity index (χ3n) is 5.08. The molecule has 0 bridgehead atoms. The first-order chi connectivity index (χ1) is 13.7. The second-order valence-electron chi connectivity index (χ2n) is 7.08. The highest BCUT2D eigenvalue weighted by molar-refractivity contribution is 7.98. The van der Waals surface area contributed by atoms with E-state index in [0.29, 0.717) is 12.3 Å². The highest BCUT2D eigenvalue weighted by atomic mass is 32.2. The predicted molar refractivity (Wildman–Crippen MR) is 112 cm³/mol. The molecule has 0 amide bonds. The Morgan fingerprint density at radius 2 is 2.11 bits per heavy atom. The van der Waals surface area contributed by atoms with Crippen LogP contribution in [0, 0.1) is 6.92 Å². The van der Waals surface area contributed by atoms with Gasteiger partial charge < -0.3 is 4.74 Å². The molecule has 0 spiro atoms. The van der Waals surface area contributed by atoms with Crippen molar-refractivity contribution < 1.29 is 4.74 Å². The molecule has 3 aromatic heterocycles. The Labute approximate surface area is 170 Å². The van der Waals surface area contributed by atoms with Gasteiger partial charge >= 0.3 is 0 Å². The Kier molecular flexibility index (Phi) is 4.70. The normalized spacial score (nSPS) is 17.1. The van der Waals surface area contributed by atoms with Crippen molar-refractivity contribution in [2.45, 2.75) is 43.3 Å². The number of fused-ring (bicyclic) bond motifs is 3. The van der Waals surface area contributed by atoms with Crippen molar-refractivity contribution in [1.82, 2.24) is 19.2 Å². The Bertz CT molecular complexity index is 1190. The monoisotopic (exact) mass is 412 g/mol. The minimum atomic E-state index is -0.00418. The molecular formula is C20H20N4O2S2. The van der Waals surface area contributed by atoms with Crippen LogP contribution >= 0.6 is 23.1 Å². The summed E-state index contributed by atoms with van der Waals surface area (Å²) in [7, 11) is 0. The summed E-state index contributed by atoms with van der Waals surface area (Å²) in [4.78, 5) is 13.0. The van der Waals surface area contributed by atoms with Crippen LogP contribution in [0.2, 0.25) is 0 Å². The van der Waals surface area contributed by atoms with Crippen LogP contribution in [0.1, 0.15) is 24.0 Å². The number of thioether (sulfide) groups is 1. The third kappa shape index (κ3) is 3.15. The zero-order valence-electron chi connectivity index (χ0n) is 15.5. The number of aryl methyl sites for hydroxylation is 1. The summed E-state index contributed by atoms with van der Waals surface area (Å²) in [6.45, 7) is 3.38. The van der Waals surface area contributed by atoms with Crippen LogP contribution in [0.3, 0.4) is 0 Å². The summed E-state index contributed by atoms with van der Waals surface area (Å²) in [6.07, 6.45) is 2.09. The molecule has 0 N–H and O–H groups in total. The van der Waals surface area contributed by atoms with E-state index in [1.807, 2.05) is 15.8 Å². The molecule has 1 aliphatic heterocycles. The zero-order valence-corrected chi connectivity index (χ0v) is 17.1. The van der Waals surface area contributed by atoms with Gasteiger partial charge in [-0.2, -0.15) is 0 Å². The van der Waals surface area contributed by atoms with E-state index in [1.54, 1.807) is 16.3 Å². The lowest BCUT2D eigenvalue weighted by Gasteiger charge is -2.13. The number of ether oxygens (including phenoxy) is 1. The second kappa shape index (κ2) is 7.35. The van der Waals surface area contributed by atoms with E-state index in [-0.39, 0.29) is 11.7 Å². The van der Waals surface area contributed by atoms with Crippen LogP contribution in [0.15, 0.2) is 45.7 Å². The Hall–Kier alpha value is -2.16. The molecule has 0 saturated carbocycles. The highest BCUT2D eigenvalue weighted by Gasteiger charge is 2.22. The summed E-state index contributed by atoms with van der Waals surface area (Å²) < 4.78 is 10.2. The van der Waals surface area contributed by atoms with Crippen molar-refractivity contribution in [2.75, 3.05) is 6.61 Å². The lowest BCUT2D eigenvalue weighted by Crippen LogP contribution is -2.28. The molecule has 1 aliphatic rings. The minimum absolute atomic E-state index is 0.00418. The van der Waals surface area contributed by atoms with Gasteiger partial charge in [-0.1, -0.05) is 41.6 Å². The lowest BCUT2D eigenvalue weighted by atomic mass is 10.2. The van der Waals surface area contributed by atoms with Crippen LogP contribution in [-0.4, -0.2) is 31.9 Å². The SMILES string of the molecule is Cc1ccc(CSc2nnc3n(CC4CCCO4)c(=O)c4sccc4n23)cc1. The summed E-state index contributed by atoms with van der Waals surface area (Å²) >= 11 is 3.11. The smallest absolute Gasteiger partial charge is 0.272 e. The average molecular weight is 413 g/mol. The Morgan fingerprint density at radius 3 is 2.89 bits per heavy atom. The maximum atomic E-state index is 13.0. The van der Waals surface area contributed by atoms with Gasteiger partial charge in [-0.25, -0.2) is 0 Å². The largest absolute Gasteiger partial charge is 0.376 e. The van der Waals surface area contributed by atoms with E-state index >= 15 is 0 Å². The average Bonchev–Trinajstić information content (AvgIpc) is 3.44. The molecule has 0 radical (unpaired) electrons. The highest BCUT2D eigenvalue weighted by Crippen LogP contribution is 2.27. The van der Waals surface area contributed by atoms with E-state index in [1.165, 1.54) is 22.5 Å². The number of nitrogens with zero attached hydrogens (tertiary/aromatic N) is 4. The maximum Gasteiger partial charge on any atom is 0.272 e. The Morgan fingerprint density at radius 1 is 1.25 bits per heavy atom. The van der Waals surface area contributed by atoms with Gasteiger partial charge in [0.15, 0.2) is 5.16 Å². The first kappa shape index (κ1) is 17.9. The number of rotatable bonds is 5. The number of hydrogen-bond donors (Lipinski definition) is 0. The second-order valence-corrected chi connectivity index (χ2v) is 8.94. The third-order valence-corrected chi connectivity index (χ3v) is 6.97. The van der Waals surface area contributed by atoms with Gasteiger partial charge in [-0.15, -0.1) is 21.5 Å². The van der Waals surface area contributed by atoms with E-state index in [0.717, 1.165) is 40.6 Å². The molecular weight excluding hydrogens is 392 g/mol. The molecule has 4 heterocycles. The molecule has 1 unspecified atom stereocenters. The summed E-state index contributed by atoms with van der Waals surface area (Å²) in [6, 6.07) is 10.5. The maximum absolute atomic E-state index is 13.0. The van der Waals surface area contributed by atoms with Crippen molar-refractivity contribution >= 4 is 39.1 Å². The van der Waals surface area contributed by atoms with Crippen LogP contribution in [-0.2, 0) is 17.0 Å². The molecule has 1 saturated heterocycles. The van der Waals surface area contributed by atoms with Crippen molar-refractivity contribution in [1.29, 1.82) is 0 Å². The van der Waals surface area contributed by atoms with Crippen LogP contribution in [0.25, 0.3) is 16.0 Å². The zero-order chi connectivity index (χ0) is 19.1. The molecule has 6 nitrogen and oxygen atoms in total. The predicted octanol–water partition coefficient (Wildman–Crippen LogP) is 3.89. The lowest BCUT2D eigenvalue weighted by molar-refractivity contribution is 0.0969. The standard InChI is InChI=1S/C20H20N4O2S2/c1-13-4-6-14(7-5-13)12-28-20-22-21-19-23(11-15-3-2-9-26-15)18(25)17-16(24(19)20)8-10-27-17/h4-8,10,15H,2-3,9,11-12H2,1H3. The molecule has 144 valence electrons. The van der Waals surface area contributed by atoms with E-state index in [9.17, 15) is 4.79 Å². The van der Waals surface area contributed by atoms with Gasteiger partial charge in [0.05, 0.1) is 18.2 Å². The molecule has 1 fully saturated rings. The van der Waals surface area contributed by atoms with Gasteiger partial charge in [0.2, 0.25) is 5.78 Å². The van der Waals surface area contributed by atoms with Crippen molar-refractivity contribution in [3.05, 3.63) is 57.2 Å². The van der Waals surface area contributed by atoms with Crippen molar-refractivity contribution in [3.8, 4) is 0 Å². The van der Waals surface area contributed by atoms with Gasteiger partial charge in [0, 0.05) is 12.4 Å². The number of benzene rings is 1. The number of hydrogen-bond acceptors (Lipinski definition) is 6. The van der Waals surface area contributed by atoms with Gasteiger partial charge in [-0.05, 0) is 36.8 Å². The molecule has 5 rings (SSSR count). The summed E-state index contributed by atoms with van der Waals surface area (Å²) in [5.41, 5.74) is 3.36. The fourth-order valence-electron chi connectivity index (χ4n) is 3.58. The van der Waals surface area contributed by atoms with Crippen LogP contribution < -0.4 is 5.56 Å². The van der Waals surface area contributed by atoms with Crippen molar-refractivity contribution in [3.63, 3.8) is 0 Å². The molecule has 0 aliphatic carbocycles. The van der Waals surface area contributed by atoms with Gasteiger partial charge in [0.25, 0.3) is 5.56 Å². The molecule has 1 aromatic carbocycles. The van der Waals surface area contributed by atoms with Crippen LogP contribution in [0.5, 0.6) is 0 Å². The molecule has 1 atom stereocenters. The Balaban J connectivity index is 1.56. The van der Waals surface area contributed by atoms with Crippen LogP contribution in [0.4, 0.5) is 0 Å². The van der Waals surface area contributed by atoms with E-state index in [2.05, 4.69) is 41.4 Å². The fraction of sp³-hybridized carbons (Fsp3) is 0.350. The first-order valence-corrected chi connectivity index (χ1v) is 11.2. The number of aromatic nitrogens is 4. The molecule has 28 heavy (non-hydrogen) atoms. The van der Waals surface area contributed by atoms with Gasteiger partial charge in [0.1, 0.15) is 4.70 Å². The summed E-state index contributed by atoms with van der Waals surface area (Å²) in [5.74, 6) is 1.40. The van der Waals surface area contributed by atoms with E-state index < -0.39 is 0 Å². The minimum Gasteiger partial charge on any atom is -0.376 e. The van der Waals surface area contributed by atoms with E-state index in [4.69, 9.17) is 4.74 Å². The topological polar surface area (TPSA) is 61.4 Å². The molecule has 4 aromatic rings. The van der Waals surface area contributed by atoms with Gasteiger partial charge in [-0.3, -0.25) is 13.8 Å². The number of thiophene rings is 1. The van der Waals surface area contributed by atoms with Crippen molar-refractivity contribution in [2.24, 2.45) is 0 Å². The summed E-state index contributed by atoms with van der Waals surface area (Å²) in [5, 5.41) is 11.6. The molecule has 8 heteroatoms. The first-order valence-electron chi connectivity index (χ1n) is 9.36.